The summed E-state index contributed by atoms with van der Waals surface area (Å²) in [5, 5.41) is 3.48. The van der Waals surface area contributed by atoms with Crippen LogP contribution in [0, 0.1) is 6.92 Å². The summed E-state index contributed by atoms with van der Waals surface area (Å²) in [7, 11) is 0. The molecule has 122 valence electrons. The first-order valence-electron chi connectivity index (χ1n) is 8.89. The summed E-state index contributed by atoms with van der Waals surface area (Å²) < 4.78 is 5.52. The van der Waals surface area contributed by atoms with Crippen molar-refractivity contribution in [2.75, 3.05) is 6.54 Å². The fourth-order valence-electron chi connectivity index (χ4n) is 2.59. The zero-order valence-electron chi connectivity index (χ0n) is 14.3. The molecule has 3 heteroatoms. The maximum atomic E-state index is 5.52. The Morgan fingerprint density at radius 3 is 2.10 bits per heavy atom. The molecular weight excluding hydrogens is 260 g/mol. The molecule has 0 amide bonds. The molecule has 1 aromatic rings. The van der Waals surface area contributed by atoms with Crippen molar-refractivity contribution in [3.8, 4) is 0 Å². The third-order valence-electron chi connectivity index (χ3n) is 3.99. The summed E-state index contributed by atoms with van der Waals surface area (Å²) in [5.41, 5.74) is 0. The predicted molar refractivity (Wildman–Crippen MR) is 89.5 cm³/mol. The Morgan fingerprint density at radius 1 is 1.00 bits per heavy atom. The lowest BCUT2D eigenvalue weighted by Gasteiger charge is -2.10. The van der Waals surface area contributed by atoms with Gasteiger partial charge in [-0.15, -0.1) is 0 Å². The summed E-state index contributed by atoms with van der Waals surface area (Å²) in [6, 6.07) is 0.220. The van der Waals surface area contributed by atoms with Crippen LogP contribution in [0.3, 0.4) is 0 Å². The van der Waals surface area contributed by atoms with Crippen LogP contribution in [0.4, 0.5) is 0 Å². The summed E-state index contributed by atoms with van der Waals surface area (Å²) in [4.78, 5) is 4.26. The van der Waals surface area contributed by atoms with E-state index in [0.717, 1.165) is 18.2 Å². The SMILES string of the molecule is CCCCCCCCCCCCNC(C)c1ncc(C)o1. The molecule has 21 heavy (non-hydrogen) atoms. The second-order valence-corrected chi connectivity index (χ2v) is 6.17. The number of hydrogen-bond acceptors (Lipinski definition) is 3. The van der Waals surface area contributed by atoms with Crippen LogP contribution in [-0.2, 0) is 0 Å². The first-order chi connectivity index (χ1) is 10.2. The van der Waals surface area contributed by atoms with Gasteiger partial charge in [-0.1, -0.05) is 64.7 Å². The molecule has 0 fully saturated rings. The minimum atomic E-state index is 0.220. The lowest BCUT2D eigenvalue weighted by atomic mass is 10.1. The monoisotopic (exact) mass is 294 g/mol. The van der Waals surface area contributed by atoms with E-state index in [9.17, 15) is 0 Å². The maximum Gasteiger partial charge on any atom is 0.211 e. The van der Waals surface area contributed by atoms with E-state index >= 15 is 0 Å². The number of hydrogen-bond donors (Lipinski definition) is 1. The Labute approximate surface area is 130 Å². The van der Waals surface area contributed by atoms with Crippen molar-refractivity contribution >= 4 is 0 Å². The second-order valence-electron chi connectivity index (χ2n) is 6.17. The molecule has 1 N–H and O–H groups in total. The summed E-state index contributed by atoms with van der Waals surface area (Å²) in [6.45, 7) is 7.38. The van der Waals surface area contributed by atoms with E-state index in [4.69, 9.17) is 4.42 Å². The third-order valence-corrected chi connectivity index (χ3v) is 3.99. The highest BCUT2D eigenvalue weighted by Crippen LogP contribution is 2.13. The van der Waals surface area contributed by atoms with Gasteiger partial charge < -0.3 is 9.73 Å². The van der Waals surface area contributed by atoms with Crippen LogP contribution in [0.15, 0.2) is 10.6 Å². The topological polar surface area (TPSA) is 38.1 Å². The van der Waals surface area contributed by atoms with Crippen LogP contribution in [0.1, 0.15) is 95.7 Å². The van der Waals surface area contributed by atoms with Gasteiger partial charge in [0.05, 0.1) is 12.2 Å². The van der Waals surface area contributed by atoms with Crippen molar-refractivity contribution in [2.45, 2.75) is 91.0 Å². The van der Waals surface area contributed by atoms with E-state index in [-0.39, 0.29) is 6.04 Å². The molecule has 0 saturated heterocycles. The van der Waals surface area contributed by atoms with Crippen molar-refractivity contribution in [3.05, 3.63) is 17.8 Å². The van der Waals surface area contributed by atoms with Crippen LogP contribution < -0.4 is 5.32 Å². The van der Waals surface area contributed by atoms with Gasteiger partial charge in [0, 0.05) is 0 Å². The lowest BCUT2D eigenvalue weighted by Crippen LogP contribution is -2.20. The average Bonchev–Trinajstić information content (AvgIpc) is 2.91. The molecule has 0 saturated carbocycles. The third kappa shape index (κ3) is 8.92. The van der Waals surface area contributed by atoms with Crippen LogP contribution in [0.5, 0.6) is 0 Å². The van der Waals surface area contributed by atoms with Gasteiger partial charge in [0.15, 0.2) is 0 Å². The molecule has 0 aromatic carbocycles. The highest BCUT2D eigenvalue weighted by molar-refractivity contribution is 4.94. The minimum absolute atomic E-state index is 0.220. The molecule has 0 aliphatic rings. The Balaban J connectivity index is 1.86. The molecule has 0 spiro atoms. The first kappa shape index (κ1) is 18.2. The zero-order valence-corrected chi connectivity index (χ0v) is 14.3. The fraction of sp³-hybridized carbons (Fsp3) is 0.833. The summed E-state index contributed by atoms with van der Waals surface area (Å²) >= 11 is 0. The number of nitrogens with one attached hydrogen (secondary N) is 1. The van der Waals surface area contributed by atoms with Gasteiger partial charge in [0.25, 0.3) is 0 Å². The molecule has 0 aliphatic heterocycles. The van der Waals surface area contributed by atoms with Crippen LogP contribution in [0.25, 0.3) is 0 Å². The van der Waals surface area contributed by atoms with Gasteiger partial charge in [-0.05, 0) is 26.8 Å². The molecule has 1 aromatic heterocycles. The van der Waals surface area contributed by atoms with Gasteiger partial charge in [-0.25, -0.2) is 4.98 Å². The number of oxazole rings is 1. The number of rotatable bonds is 13. The molecule has 0 bridgehead atoms. The number of unbranched alkanes of at least 4 members (excludes halogenated alkanes) is 9. The van der Waals surface area contributed by atoms with E-state index in [1.54, 1.807) is 6.20 Å². The smallest absolute Gasteiger partial charge is 0.211 e. The maximum absolute atomic E-state index is 5.52. The highest BCUT2D eigenvalue weighted by atomic mass is 16.4. The quantitative estimate of drug-likeness (QED) is 0.484. The van der Waals surface area contributed by atoms with Crippen molar-refractivity contribution in [1.82, 2.24) is 10.3 Å². The Bertz CT molecular complexity index is 349. The highest BCUT2D eigenvalue weighted by Gasteiger charge is 2.09. The van der Waals surface area contributed by atoms with E-state index < -0.39 is 0 Å². The average molecular weight is 294 g/mol. The molecule has 1 unspecified atom stereocenters. The van der Waals surface area contributed by atoms with E-state index in [2.05, 4.69) is 24.1 Å². The Kier molecular flexibility index (Phi) is 10.2. The number of nitrogens with zero attached hydrogens (tertiary/aromatic N) is 1. The van der Waals surface area contributed by atoms with Gasteiger partial charge in [0.2, 0.25) is 5.89 Å². The molecule has 3 nitrogen and oxygen atoms in total. The predicted octanol–water partition coefficient (Wildman–Crippen LogP) is 5.55. The van der Waals surface area contributed by atoms with Crippen LogP contribution in [0.2, 0.25) is 0 Å². The van der Waals surface area contributed by atoms with E-state index in [1.807, 2.05) is 6.92 Å². The largest absolute Gasteiger partial charge is 0.444 e. The lowest BCUT2D eigenvalue weighted by molar-refractivity contribution is 0.399. The van der Waals surface area contributed by atoms with Gasteiger partial charge in [0.1, 0.15) is 5.76 Å². The van der Waals surface area contributed by atoms with E-state index in [1.165, 1.54) is 64.2 Å². The molecule has 0 radical (unpaired) electrons. The second kappa shape index (κ2) is 11.8. The molecule has 1 rings (SSSR count). The molecule has 1 heterocycles. The number of aromatic nitrogens is 1. The van der Waals surface area contributed by atoms with Crippen molar-refractivity contribution in [3.63, 3.8) is 0 Å². The van der Waals surface area contributed by atoms with Crippen molar-refractivity contribution in [1.29, 1.82) is 0 Å². The van der Waals surface area contributed by atoms with Crippen LogP contribution >= 0.6 is 0 Å². The van der Waals surface area contributed by atoms with Crippen molar-refractivity contribution < 1.29 is 4.42 Å². The Hall–Kier alpha value is -0.830. The van der Waals surface area contributed by atoms with Gasteiger partial charge >= 0.3 is 0 Å². The summed E-state index contributed by atoms with van der Waals surface area (Å²) in [6.07, 6.45) is 15.6. The first-order valence-corrected chi connectivity index (χ1v) is 8.89. The molecule has 0 aliphatic carbocycles. The summed E-state index contributed by atoms with van der Waals surface area (Å²) in [5.74, 6) is 1.69. The standard InChI is InChI=1S/C18H34N2O/c1-4-5-6-7-8-9-10-11-12-13-14-19-17(3)18-20-15-16(2)21-18/h15,17,19H,4-14H2,1-3H3. The van der Waals surface area contributed by atoms with Gasteiger partial charge in [-0.2, -0.15) is 0 Å². The fourth-order valence-corrected chi connectivity index (χ4v) is 2.59. The molecular formula is C18H34N2O. The van der Waals surface area contributed by atoms with Crippen LogP contribution in [-0.4, -0.2) is 11.5 Å². The minimum Gasteiger partial charge on any atom is -0.444 e. The normalized spacial score (nSPS) is 12.7. The van der Waals surface area contributed by atoms with Crippen molar-refractivity contribution in [2.24, 2.45) is 0 Å². The zero-order chi connectivity index (χ0) is 15.3. The van der Waals surface area contributed by atoms with Gasteiger partial charge in [-0.3, -0.25) is 0 Å². The number of aryl methyl sites for hydroxylation is 1. The van der Waals surface area contributed by atoms with E-state index in [0.29, 0.717) is 0 Å². The Morgan fingerprint density at radius 2 is 1.57 bits per heavy atom. The molecule has 1 atom stereocenters.